The summed E-state index contributed by atoms with van der Waals surface area (Å²) in [6.45, 7) is 14.0. The number of amides is 1. The third-order valence-corrected chi connectivity index (χ3v) is 4.67. The Labute approximate surface area is 134 Å². The van der Waals surface area contributed by atoms with Gasteiger partial charge in [0, 0.05) is 38.8 Å². The zero-order valence-corrected chi connectivity index (χ0v) is 15.0. The van der Waals surface area contributed by atoms with Gasteiger partial charge in [0.1, 0.15) is 5.60 Å². The van der Waals surface area contributed by atoms with Crippen LogP contribution in [0.5, 0.6) is 0 Å². The Balaban J connectivity index is 1.85. The summed E-state index contributed by atoms with van der Waals surface area (Å²) in [5.74, 6) is 0.645. The highest BCUT2D eigenvalue weighted by atomic mass is 16.6. The summed E-state index contributed by atoms with van der Waals surface area (Å²) in [5, 5.41) is 0. The predicted octanol–water partition coefficient (Wildman–Crippen LogP) is 2.74. The maximum atomic E-state index is 12.4. The van der Waals surface area contributed by atoms with Gasteiger partial charge in [0.2, 0.25) is 0 Å². The van der Waals surface area contributed by atoms with E-state index in [0.717, 1.165) is 39.0 Å². The van der Waals surface area contributed by atoms with Gasteiger partial charge in [-0.3, -0.25) is 4.90 Å². The summed E-state index contributed by atoms with van der Waals surface area (Å²) in [5.41, 5.74) is -0.576. The number of carbonyl (C=O) groups is 1. The molecule has 2 rings (SSSR count). The smallest absolute Gasteiger partial charge is 0.410 e. The van der Waals surface area contributed by atoms with Crippen molar-refractivity contribution >= 4 is 6.09 Å². The van der Waals surface area contributed by atoms with Gasteiger partial charge in [0.05, 0.1) is 6.10 Å². The molecule has 0 spiro atoms. The van der Waals surface area contributed by atoms with Crippen LogP contribution >= 0.6 is 0 Å². The van der Waals surface area contributed by atoms with Crippen molar-refractivity contribution in [2.75, 3.05) is 33.3 Å². The lowest BCUT2D eigenvalue weighted by Crippen LogP contribution is -2.57. The van der Waals surface area contributed by atoms with E-state index in [4.69, 9.17) is 9.47 Å². The molecule has 1 unspecified atom stereocenters. The highest BCUT2D eigenvalue weighted by Crippen LogP contribution is 2.33. The maximum absolute atomic E-state index is 12.4. The standard InChI is InChI=1S/C17H32N2O3/c1-16(2,3)22-15(20)19-8-7-13(9-17(19,4)5)10-18-11-14(12-18)21-6/h13-14H,7-12H2,1-6H3. The van der Waals surface area contributed by atoms with E-state index in [-0.39, 0.29) is 11.6 Å². The van der Waals surface area contributed by atoms with E-state index < -0.39 is 5.60 Å². The molecule has 0 saturated carbocycles. The number of carbonyl (C=O) groups excluding carboxylic acids is 1. The molecule has 0 aromatic rings. The molecule has 0 aliphatic carbocycles. The minimum Gasteiger partial charge on any atom is -0.444 e. The molecule has 5 nitrogen and oxygen atoms in total. The molecule has 2 aliphatic rings. The number of methoxy groups -OCH3 is 1. The second-order valence-corrected chi connectivity index (χ2v) is 8.38. The van der Waals surface area contributed by atoms with E-state index in [2.05, 4.69) is 18.7 Å². The molecular formula is C17H32N2O3. The monoisotopic (exact) mass is 312 g/mol. The minimum atomic E-state index is -0.434. The Morgan fingerprint density at radius 1 is 1.27 bits per heavy atom. The lowest BCUT2D eigenvalue weighted by molar-refractivity contribution is -0.0503. The Kier molecular flexibility index (Phi) is 5.07. The van der Waals surface area contributed by atoms with Gasteiger partial charge in [-0.05, 0) is 53.4 Å². The van der Waals surface area contributed by atoms with Crippen molar-refractivity contribution in [2.45, 2.75) is 64.7 Å². The summed E-state index contributed by atoms with van der Waals surface area (Å²) >= 11 is 0. The van der Waals surface area contributed by atoms with Crippen LogP contribution in [0.3, 0.4) is 0 Å². The van der Waals surface area contributed by atoms with Crippen molar-refractivity contribution < 1.29 is 14.3 Å². The molecule has 2 aliphatic heterocycles. The SMILES string of the molecule is COC1CN(CC2CCN(C(=O)OC(C)(C)C)C(C)(C)C2)C1. The molecule has 0 bridgehead atoms. The van der Waals surface area contributed by atoms with Crippen molar-refractivity contribution in [1.29, 1.82) is 0 Å². The number of piperidine rings is 1. The summed E-state index contributed by atoms with van der Waals surface area (Å²) in [6, 6.07) is 0. The molecule has 2 fully saturated rings. The normalized spacial score (nSPS) is 26.6. The first-order valence-corrected chi connectivity index (χ1v) is 8.36. The van der Waals surface area contributed by atoms with Gasteiger partial charge in [0.25, 0.3) is 0 Å². The molecule has 1 amide bonds. The van der Waals surface area contributed by atoms with Gasteiger partial charge in [0.15, 0.2) is 0 Å². The Morgan fingerprint density at radius 3 is 2.41 bits per heavy atom. The zero-order chi connectivity index (χ0) is 16.5. The van der Waals surface area contributed by atoms with E-state index in [0.29, 0.717) is 12.0 Å². The molecule has 2 heterocycles. The molecule has 0 radical (unpaired) electrons. The predicted molar refractivity (Wildman–Crippen MR) is 87.0 cm³/mol. The second-order valence-electron chi connectivity index (χ2n) is 8.38. The van der Waals surface area contributed by atoms with Gasteiger partial charge in [-0.25, -0.2) is 4.79 Å². The van der Waals surface area contributed by atoms with Crippen molar-refractivity contribution in [1.82, 2.24) is 9.80 Å². The van der Waals surface area contributed by atoms with Crippen LogP contribution in [0.1, 0.15) is 47.5 Å². The van der Waals surface area contributed by atoms with Crippen LogP contribution < -0.4 is 0 Å². The number of hydrogen-bond acceptors (Lipinski definition) is 4. The van der Waals surface area contributed by atoms with Crippen molar-refractivity contribution in [3.05, 3.63) is 0 Å². The average Bonchev–Trinajstić information content (AvgIpc) is 2.29. The van der Waals surface area contributed by atoms with Crippen molar-refractivity contribution in [3.63, 3.8) is 0 Å². The number of ether oxygens (including phenoxy) is 2. The van der Waals surface area contributed by atoms with Crippen molar-refractivity contribution in [3.8, 4) is 0 Å². The highest BCUT2D eigenvalue weighted by Gasteiger charge is 2.40. The fourth-order valence-corrected chi connectivity index (χ4v) is 3.53. The number of likely N-dealkylation sites (tertiary alicyclic amines) is 2. The highest BCUT2D eigenvalue weighted by molar-refractivity contribution is 5.69. The summed E-state index contributed by atoms with van der Waals surface area (Å²) in [7, 11) is 1.78. The van der Waals surface area contributed by atoms with E-state index >= 15 is 0 Å². The van der Waals surface area contributed by atoms with E-state index in [1.165, 1.54) is 0 Å². The molecular weight excluding hydrogens is 280 g/mol. The number of nitrogens with zero attached hydrogens (tertiary/aromatic N) is 2. The number of hydrogen-bond donors (Lipinski definition) is 0. The molecule has 5 heteroatoms. The first-order valence-electron chi connectivity index (χ1n) is 8.36. The lowest BCUT2D eigenvalue weighted by atomic mass is 9.82. The van der Waals surface area contributed by atoms with E-state index in [1.54, 1.807) is 7.11 Å². The number of rotatable bonds is 3. The van der Waals surface area contributed by atoms with Crippen LogP contribution in [0.25, 0.3) is 0 Å². The topological polar surface area (TPSA) is 42.0 Å². The third-order valence-electron chi connectivity index (χ3n) is 4.67. The molecule has 0 N–H and O–H groups in total. The Bertz CT molecular complexity index is 397. The zero-order valence-electron chi connectivity index (χ0n) is 15.0. The quantitative estimate of drug-likeness (QED) is 0.803. The maximum Gasteiger partial charge on any atom is 0.410 e. The summed E-state index contributed by atoms with van der Waals surface area (Å²) < 4.78 is 10.9. The van der Waals surface area contributed by atoms with Gasteiger partial charge in [-0.1, -0.05) is 0 Å². The summed E-state index contributed by atoms with van der Waals surface area (Å²) in [6.07, 6.45) is 2.31. The van der Waals surface area contributed by atoms with Gasteiger partial charge in [-0.2, -0.15) is 0 Å². The lowest BCUT2D eigenvalue weighted by Gasteiger charge is -2.48. The van der Waals surface area contributed by atoms with Crippen LogP contribution in [0.2, 0.25) is 0 Å². The van der Waals surface area contributed by atoms with Crippen LogP contribution in [0.4, 0.5) is 4.79 Å². The van der Waals surface area contributed by atoms with Gasteiger partial charge >= 0.3 is 6.09 Å². The summed E-state index contributed by atoms with van der Waals surface area (Å²) in [4.78, 5) is 16.7. The molecule has 1 atom stereocenters. The average molecular weight is 312 g/mol. The van der Waals surface area contributed by atoms with Crippen LogP contribution in [0, 0.1) is 5.92 Å². The molecule has 0 aromatic carbocycles. The van der Waals surface area contributed by atoms with Crippen LogP contribution in [0.15, 0.2) is 0 Å². The van der Waals surface area contributed by atoms with Gasteiger partial charge in [-0.15, -0.1) is 0 Å². The van der Waals surface area contributed by atoms with E-state index in [1.807, 2.05) is 25.7 Å². The first-order chi connectivity index (χ1) is 10.1. The Hall–Kier alpha value is -0.810. The Morgan fingerprint density at radius 2 is 1.91 bits per heavy atom. The molecule has 128 valence electrons. The van der Waals surface area contributed by atoms with E-state index in [9.17, 15) is 4.79 Å². The molecule has 2 saturated heterocycles. The molecule has 0 aromatic heterocycles. The third kappa shape index (κ3) is 4.35. The largest absolute Gasteiger partial charge is 0.444 e. The second kappa shape index (κ2) is 6.36. The van der Waals surface area contributed by atoms with Gasteiger partial charge < -0.3 is 14.4 Å². The fourth-order valence-electron chi connectivity index (χ4n) is 3.53. The van der Waals surface area contributed by atoms with Crippen LogP contribution in [-0.4, -0.2) is 66.4 Å². The minimum absolute atomic E-state index is 0.142. The van der Waals surface area contributed by atoms with Crippen molar-refractivity contribution in [2.24, 2.45) is 5.92 Å². The fraction of sp³-hybridized carbons (Fsp3) is 0.941. The first kappa shape index (κ1) is 17.5. The van der Waals surface area contributed by atoms with Crippen LogP contribution in [-0.2, 0) is 9.47 Å². The molecule has 22 heavy (non-hydrogen) atoms.